The molecule has 0 fully saturated rings. The third-order valence-corrected chi connectivity index (χ3v) is 5.32. The Kier molecular flexibility index (Phi) is 7.48. The van der Waals surface area contributed by atoms with Crippen LogP contribution in [0.2, 0.25) is 0 Å². The zero-order valence-corrected chi connectivity index (χ0v) is 18.1. The second kappa shape index (κ2) is 10.3. The van der Waals surface area contributed by atoms with Gasteiger partial charge in [-0.15, -0.1) is 11.3 Å². The first kappa shape index (κ1) is 21.9. The molecule has 0 unspecified atom stereocenters. The fraction of sp³-hybridized carbons (Fsp3) is 0.364. The number of furan rings is 1. The molecule has 2 aromatic heterocycles. The van der Waals surface area contributed by atoms with Crippen LogP contribution >= 0.6 is 11.3 Å². The van der Waals surface area contributed by atoms with Crippen LogP contribution in [0.25, 0.3) is 0 Å². The smallest absolute Gasteiger partial charge is 0.225 e. The Morgan fingerprint density at radius 3 is 2.73 bits per heavy atom. The van der Waals surface area contributed by atoms with Crippen LogP contribution in [-0.2, 0) is 31.1 Å². The molecule has 3 aromatic rings. The van der Waals surface area contributed by atoms with Gasteiger partial charge in [-0.25, -0.2) is 4.98 Å². The molecule has 3 rings (SSSR count). The van der Waals surface area contributed by atoms with Gasteiger partial charge < -0.3 is 23.9 Å². The van der Waals surface area contributed by atoms with Gasteiger partial charge in [0.2, 0.25) is 5.91 Å². The van der Waals surface area contributed by atoms with Gasteiger partial charge in [-0.3, -0.25) is 4.79 Å². The van der Waals surface area contributed by atoms with Gasteiger partial charge in [0.1, 0.15) is 17.4 Å². The van der Waals surface area contributed by atoms with E-state index in [4.69, 9.17) is 19.0 Å². The number of ether oxygens (including phenoxy) is 2. The van der Waals surface area contributed by atoms with E-state index < -0.39 is 0 Å². The number of nitrogens with zero attached hydrogens (tertiary/aromatic N) is 2. The summed E-state index contributed by atoms with van der Waals surface area (Å²) in [7, 11) is 1.58. The van der Waals surface area contributed by atoms with Gasteiger partial charge in [0.25, 0.3) is 0 Å². The number of thiazole rings is 1. The molecule has 0 atom stereocenters. The molecule has 8 heteroatoms. The molecule has 0 aliphatic rings. The third-order valence-electron chi connectivity index (χ3n) is 4.45. The van der Waals surface area contributed by atoms with E-state index in [0.29, 0.717) is 30.3 Å². The number of aliphatic hydroxyl groups excluding tert-OH is 1. The molecule has 2 heterocycles. The predicted octanol–water partition coefficient (Wildman–Crippen LogP) is 4.00. The predicted molar refractivity (Wildman–Crippen MR) is 113 cm³/mol. The topological polar surface area (TPSA) is 85.0 Å². The van der Waals surface area contributed by atoms with Crippen molar-refractivity contribution in [2.24, 2.45) is 5.92 Å². The highest BCUT2D eigenvalue weighted by Gasteiger charge is 2.20. The lowest BCUT2D eigenvalue weighted by atomic mass is 10.1. The molecule has 0 saturated carbocycles. The van der Waals surface area contributed by atoms with Gasteiger partial charge in [-0.05, 0) is 29.8 Å². The van der Waals surface area contributed by atoms with Crippen LogP contribution in [0.15, 0.2) is 46.4 Å². The highest BCUT2D eigenvalue weighted by Crippen LogP contribution is 2.30. The van der Waals surface area contributed by atoms with Gasteiger partial charge in [0, 0.05) is 17.8 Å². The molecule has 1 aromatic carbocycles. The number of hydrogen-bond donors (Lipinski definition) is 1. The first-order chi connectivity index (χ1) is 14.5. The molecular weight excluding hydrogens is 404 g/mol. The summed E-state index contributed by atoms with van der Waals surface area (Å²) in [4.78, 5) is 18.8. The summed E-state index contributed by atoms with van der Waals surface area (Å²) < 4.78 is 16.8. The Morgan fingerprint density at radius 2 is 2.10 bits per heavy atom. The second-order valence-corrected chi connectivity index (χ2v) is 8.04. The number of rotatable bonds is 10. The maximum Gasteiger partial charge on any atom is 0.225 e. The second-order valence-electron chi connectivity index (χ2n) is 7.09. The Morgan fingerprint density at radius 1 is 1.27 bits per heavy atom. The van der Waals surface area contributed by atoms with E-state index >= 15 is 0 Å². The Hall–Kier alpha value is -2.84. The minimum Gasteiger partial charge on any atom is -0.493 e. The Labute approximate surface area is 179 Å². The van der Waals surface area contributed by atoms with Crippen molar-refractivity contribution >= 4 is 17.2 Å². The lowest BCUT2D eigenvalue weighted by molar-refractivity contribution is -0.136. The van der Waals surface area contributed by atoms with E-state index in [-0.39, 0.29) is 25.0 Å². The van der Waals surface area contributed by atoms with Crippen molar-refractivity contribution in [2.75, 3.05) is 7.11 Å². The monoisotopic (exact) mass is 430 g/mol. The first-order valence-electron chi connectivity index (χ1n) is 9.65. The van der Waals surface area contributed by atoms with Crippen LogP contribution in [0, 0.1) is 5.92 Å². The van der Waals surface area contributed by atoms with E-state index in [1.165, 1.54) is 11.3 Å². The maximum atomic E-state index is 12.7. The summed E-state index contributed by atoms with van der Waals surface area (Å²) in [6.07, 6.45) is 1.60. The summed E-state index contributed by atoms with van der Waals surface area (Å²) >= 11 is 1.43. The molecule has 7 nitrogen and oxygen atoms in total. The number of hydrogen-bond acceptors (Lipinski definition) is 7. The molecular formula is C22H26N2O5S. The maximum absolute atomic E-state index is 12.7. The number of amides is 1. The SMILES string of the molecule is COc1ccc(CN(Cc2ccco2)C(=O)C(C)C)cc1OCc1nc(CO)cs1. The van der Waals surface area contributed by atoms with E-state index in [9.17, 15) is 4.79 Å². The van der Waals surface area contributed by atoms with Gasteiger partial charge >= 0.3 is 0 Å². The van der Waals surface area contributed by atoms with E-state index in [1.807, 2.05) is 44.2 Å². The molecule has 1 amide bonds. The van der Waals surface area contributed by atoms with Crippen LogP contribution in [-0.4, -0.2) is 28.0 Å². The van der Waals surface area contributed by atoms with Crippen molar-refractivity contribution in [3.8, 4) is 11.5 Å². The fourth-order valence-corrected chi connectivity index (χ4v) is 3.64. The van der Waals surface area contributed by atoms with Crippen LogP contribution in [0.4, 0.5) is 0 Å². The number of benzene rings is 1. The van der Waals surface area contributed by atoms with E-state index in [1.54, 1.807) is 23.7 Å². The molecule has 0 aliphatic carbocycles. The van der Waals surface area contributed by atoms with Crippen molar-refractivity contribution < 1.29 is 23.8 Å². The third kappa shape index (κ3) is 5.61. The minimum absolute atomic E-state index is 0.0454. The molecule has 0 radical (unpaired) electrons. The zero-order chi connectivity index (χ0) is 21.5. The lowest BCUT2D eigenvalue weighted by Crippen LogP contribution is -2.33. The normalized spacial score (nSPS) is 11.0. The lowest BCUT2D eigenvalue weighted by Gasteiger charge is -2.24. The molecule has 0 aliphatic heterocycles. The summed E-state index contributed by atoms with van der Waals surface area (Å²) in [6, 6.07) is 9.30. The largest absolute Gasteiger partial charge is 0.493 e. The Balaban J connectivity index is 1.76. The average Bonchev–Trinajstić information content (AvgIpc) is 3.43. The van der Waals surface area contributed by atoms with E-state index in [0.717, 1.165) is 16.3 Å². The Bertz CT molecular complexity index is 952. The van der Waals surface area contributed by atoms with Crippen molar-refractivity contribution in [3.63, 3.8) is 0 Å². The molecule has 30 heavy (non-hydrogen) atoms. The summed E-state index contributed by atoms with van der Waals surface area (Å²) in [5.74, 6) is 1.83. The quantitative estimate of drug-likeness (QED) is 0.523. The highest BCUT2D eigenvalue weighted by molar-refractivity contribution is 7.09. The van der Waals surface area contributed by atoms with Crippen molar-refractivity contribution in [2.45, 2.75) is 40.2 Å². The summed E-state index contributed by atoms with van der Waals surface area (Å²) in [5, 5.41) is 11.7. The molecule has 0 spiro atoms. The minimum atomic E-state index is -0.125. The highest BCUT2D eigenvalue weighted by atomic mass is 32.1. The van der Waals surface area contributed by atoms with Crippen LogP contribution in [0.5, 0.6) is 11.5 Å². The number of aliphatic hydroxyl groups is 1. The van der Waals surface area contributed by atoms with Crippen LogP contribution in [0.3, 0.4) is 0 Å². The number of aromatic nitrogens is 1. The molecule has 0 bridgehead atoms. The van der Waals surface area contributed by atoms with Gasteiger partial charge in [-0.2, -0.15) is 0 Å². The van der Waals surface area contributed by atoms with Crippen molar-refractivity contribution in [3.05, 3.63) is 64.0 Å². The molecule has 160 valence electrons. The van der Waals surface area contributed by atoms with Gasteiger partial charge in [-0.1, -0.05) is 19.9 Å². The van der Waals surface area contributed by atoms with Crippen LogP contribution < -0.4 is 9.47 Å². The number of carbonyl (C=O) groups excluding carboxylic acids is 1. The summed E-state index contributed by atoms with van der Waals surface area (Å²) in [5.41, 5.74) is 1.54. The average molecular weight is 431 g/mol. The first-order valence-corrected chi connectivity index (χ1v) is 10.5. The standard InChI is InChI=1S/C22H26N2O5S/c1-15(2)22(26)24(11-18-5-4-8-28-18)10-16-6-7-19(27-3)20(9-16)29-13-21-23-17(12-25)14-30-21/h4-9,14-15,25H,10-13H2,1-3H3. The van der Waals surface area contributed by atoms with Gasteiger partial charge in [0.15, 0.2) is 11.5 Å². The summed E-state index contributed by atoms with van der Waals surface area (Å²) in [6.45, 7) is 4.76. The fourth-order valence-electron chi connectivity index (χ4n) is 2.95. The number of methoxy groups -OCH3 is 1. The van der Waals surface area contributed by atoms with Crippen molar-refractivity contribution in [1.82, 2.24) is 9.88 Å². The van der Waals surface area contributed by atoms with Crippen LogP contribution in [0.1, 0.15) is 35.9 Å². The van der Waals surface area contributed by atoms with Gasteiger partial charge in [0.05, 0.1) is 32.2 Å². The molecule has 0 saturated heterocycles. The van der Waals surface area contributed by atoms with E-state index in [2.05, 4.69) is 4.98 Å². The van der Waals surface area contributed by atoms with Crippen molar-refractivity contribution in [1.29, 1.82) is 0 Å². The zero-order valence-electron chi connectivity index (χ0n) is 17.3. The molecule has 1 N–H and O–H groups in total. The number of carbonyl (C=O) groups is 1.